The van der Waals surface area contributed by atoms with E-state index in [9.17, 15) is 8.42 Å². The molecule has 0 unspecified atom stereocenters. The molecule has 0 saturated heterocycles. The van der Waals surface area contributed by atoms with E-state index in [1.165, 1.54) is 18.5 Å². The molecule has 7 nitrogen and oxygen atoms in total. The van der Waals surface area contributed by atoms with Gasteiger partial charge >= 0.3 is 0 Å². The van der Waals surface area contributed by atoms with Crippen LogP contribution in [-0.4, -0.2) is 29.6 Å². The molecule has 22 heavy (non-hydrogen) atoms. The van der Waals surface area contributed by atoms with Gasteiger partial charge in [-0.1, -0.05) is 13.8 Å². The average molecular weight is 322 g/mol. The number of hydrogen-bond acceptors (Lipinski definition) is 7. The van der Waals surface area contributed by atoms with E-state index in [2.05, 4.69) is 15.0 Å². The van der Waals surface area contributed by atoms with Crippen LogP contribution in [0.2, 0.25) is 0 Å². The molecule has 0 aliphatic rings. The number of ether oxygens (including phenoxy) is 1. The molecule has 8 heteroatoms. The summed E-state index contributed by atoms with van der Waals surface area (Å²) in [6.45, 7) is 5.63. The van der Waals surface area contributed by atoms with Crippen molar-refractivity contribution in [1.82, 2.24) is 15.0 Å². The van der Waals surface area contributed by atoms with Crippen molar-refractivity contribution in [1.29, 1.82) is 0 Å². The Kier molecular flexibility index (Phi) is 4.32. The average Bonchev–Trinajstić information content (AvgIpc) is 2.40. The molecule has 2 N–H and O–H groups in total. The Morgan fingerprint density at radius 2 is 1.86 bits per heavy atom. The van der Waals surface area contributed by atoms with Crippen molar-refractivity contribution in [2.45, 2.75) is 31.7 Å². The van der Waals surface area contributed by atoms with Gasteiger partial charge in [0.25, 0.3) is 0 Å². The fraction of sp³-hybridized carbons (Fsp3) is 0.357. The van der Waals surface area contributed by atoms with Gasteiger partial charge in [0.2, 0.25) is 0 Å². The van der Waals surface area contributed by atoms with E-state index in [0.29, 0.717) is 11.6 Å². The molecular weight excluding hydrogens is 304 g/mol. The first-order valence-corrected chi connectivity index (χ1v) is 8.54. The number of anilines is 1. The number of pyridine rings is 1. The summed E-state index contributed by atoms with van der Waals surface area (Å²) in [4.78, 5) is 12.0. The van der Waals surface area contributed by atoms with Crippen LogP contribution in [0.15, 0.2) is 23.5 Å². The maximum atomic E-state index is 11.7. The smallest absolute Gasteiger partial charge is 0.192 e. The van der Waals surface area contributed by atoms with E-state index in [0.717, 1.165) is 11.8 Å². The van der Waals surface area contributed by atoms with Crippen LogP contribution in [0.3, 0.4) is 0 Å². The lowest BCUT2D eigenvalue weighted by molar-refractivity contribution is 0.466. The number of nitrogens with zero attached hydrogens (tertiary/aromatic N) is 3. The summed E-state index contributed by atoms with van der Waals surface area (Å²) in [5.74, 6) is 1.48. The SMILES string of the molecule is Cc1ncc(Oc2cc(S(C)(=O)=O)ncc2C(C)C)c(N)n1. The molecule has 0 aromatic carbocycles. The van der Waals surface area contributed by atoms with Crippen LogP contribution >= 0.6 is 0 Å². The Bertz CT molecular complexity index is 804. The summed E-state index contributed by atoms with van der Waals surface area (Å²) >= 11 is 0. The van der Waals surface area contributed by atoms with Crippen LogP contribution in [0.25, 0.3) is 0 Å². The van der Waals surface area contributed by atoms with E-state index >= 15 is 0 Å². The van der Waals surface area contributed by atoms with E-state index < -0.39 is 9.84 Å². The maximum Gasteiger partial charge on any atom is 0.192 e. The molecule has 0 saturated carbocycles. The second-order valence-electron chi connectivity index (χ2n) is 5.26. The van der Waals surface area contributed by atoms with Crippen LogP contribution in [0.5, 0.6) is 11.5 Å². The number of aryl methyl sites for hydroxylation is 1. The molecular formula is C14H18N4O3S. The predicted molar refractivity (Wildman–Crippen MR) is 82.7 cm³/mol. The fourth-order valence-electron chi connectivity index (χ4n) is 1.83. The molecule has 0 spiro atoms. The topological polar surface area (TPSA) is 108 Å². The van der Waals surface area contributed by atoms with Crippen molar-refractivity contribution in [2.75, 3.05) is 12.0 Å². The lowest BCUT2D eigenvalue weighted by atomic mass is 10.1. The van der Waals surface area contributed by atoms with Crippen molar-refractivity contribution >= 4 is 15.7 Å². The molecule has 0 fully saturated rings. The minimum Gasteiger partial charge on any atom is -0.451 e. The number of aromatic nitrogens is 3. The Morgan fingerprint density at radius 1 is 1.18 bits per heavy atom. The van der Waals surface area contributed by atoms with Gasteiger partial charge in [-0.3, -0.25) is 0 Å². The third kappa shape index (κ3) is 3.51. The zero-order chi connectivity index (χ0) is 16.5. The van der Waals surface area contributed by atoms with E-state index in [1.54, 1.807) is 6.92 Å². The largest absolute Gasteiger partial charge is 0.451 e. The number of nitrogens with two attached hydrogens (primary N) is 1. The Hall–Kier alpha value is -2.22. The Morgan fingerprint density at radius 3 is 2.41 bits per heavy atom. The van der Waals surface area contributed by atoms with Gasteiger partial charge in [0, 0.05) is 24.1 Å². The van der Waals surface area contributed by atoms with Gasteiger partial charge in [0.15, 0.2) is 26.4 Å². The molecule has 0 aliphatic carbocycles. The maximum absolute atomic E-state index is 11.7. The van der Waals surface area contributed by atoms with Gasteiger partial charge < -0.3 is 10.5 Å². The van der Waals surface area contributed by atoms with Crippen molar-refractivity contribution in [3.05, 3.63) is 29.8 Å². The second-order valence-corrected chi connectivity index (χ2v) is 7.22. The van der Waals surface area contributed by atoms with Gasteiger partial charge in [-0.2, -0.15) is 0 Å². The second kappa shape index (κ2) is 5.88. The Labute approximate surface area is 129 Å². The van der Waals surface area contributed by atoms with Crippen molar-refractivity contribution in [3.63, 3.8) is 0 Å². The summed E-state index contributed by atoms with van der Waals surface area (Å²) in [5.41, 5.74) is 6.58. The molecule has 0 bridgehead atoms. The number of rotatable bonds is 4. The minimum atomic E-state index is -3.43. The van der Waals surface area contributed by atoms with Crippen LogP contribution in [0.4, 0.5) is 5.82 Å². The standard InChI is InChI=1S/C14H18N4O3S/c1-8(2)10-6-17-13(22(4,19)20)5-11(10)21-12-7-16-9(3)18-14(12)15/h5-8H,1-4H3,(H2,15,16,18). The summed E-state index contributed by atoms with van der Waals surface area (Å²) in [6.07, 6.45) is 4.06. The van der Waals surface area contributed by atoms with E-state index in [-0.39, 0.29) is 22.5 Å². The van der Waals surface area contributed by atoms with Crippen LogP contribution < -0.4 is 10.5 Å². The zero-order valence-corrected chi connectivity index (χ0v) is 13.7. The van der Waals surface area contributed by atoms with Crippen LogP contribution in [-0.2, 0) is 9.84 Å². The molecule has 0 radical (unpaired) electrons. The molecule has 0 aliphatic heterocycles. The summed E-state index contributed by atoms with van der Waals surface area (Å²) in [7, 11) is -3.43. The molecule has 2 heterocycles. The highest BCUT2D eigenvalue weighted by molar-refractivity contribution is 7.90. The first-order chi connectivity index (χ1) is 10.2. The zero-order valence-electron chi connectivity index (χ0n) is 12.9. The van der Waals surface area contributed by atoms with E-state index in [1.807, 2.05) is 13.8 Å². The summed E-state index contributed by atoms with van der Waals surface area (Å²) < 4.78 is 29.1. The van der Waals surface area contributed by atoms with Crippen LogP contribution in [0.1, 0.15) is 31.2 Å². The van der Waals surface area contributed by atoms with Gasteiger partial charge in [-0.25, -0.2) is 23.4 Å². The van der Waals surface area contributed by atoms with Crippen molar-refractivity contribution < 1.29 is 13.2 Å². The van der Waals surface area contributed by atoms with Gasteiger partial charge in [0.05, 0.1) is 6.20 Å². The fourth-order valence-corrected chi connectivity index (χ4v) is 2.39. The normalized spacial score (nSPS) is 11.7. The van der Waals surface area contributed by atoms with Crippen LogP contribution in [0, 0.1) is 6.92 Å². The first-order valence-electron chi connectivity index (χ1n) is 6.65. The lowest BCUT2D eigenvalue weighted by Crippen LogP contribution is -2.05. The number of sulfone groups is 1. The summed E-state index contributed by atoms with van der Waals surface area (Å²) in [5, 5.41) is -0.0569. The van der Waals surface area contributed by atoms with Crippen molar-refractivity contribution in [3.8, 4) is 11.5 Å². The molecule has 0 amide bonds. The number of nitrogen functional groups attached to an aromatic ring is 1. The monoisotopic (exact) mass is 322 g/mol. The molecule has 2 rings (SSSR count). The highest BCUT2D eigenvalue weighted by Gasteiger charge is 2.17. The number of hydrogen-bond donors (Lipinski definition) is 1. The van der Waals surface area contributed by atoms with E-state index in [4.69, 9.17) is 10.5 Å². The minimum absolute atomic E-state index is 0.0569. The molecule has 2 aromatic rings. The Balaban J connectivity index is 2.51. The molecule has 2 aromatic heterocycles. The molecule has 118 valence electrons. The predicted octanol–water partition coefficient (Wildman–Crippen LogP) is 2.08. The van der Waals surface area contributed by atoms with Crippen molar-refractivity contribution in [2.24, 2.45) is 0 Å². The third-order valence-electron chi connectivity index (χ3n) is 3.00. The van der Waals surface area contributed by atoms with Gasteiger partial charge in [0.1, 0.15) is 11.6 Å². The summed E-state index contributed by atoms with van der Waals surface area (Å²) in [6, 6.07) is 1.39. The molecule has 0 atom stereocenters. The first kappa shape index (κ1) is 16.2. The highest BCUT2D eigenvalue weighted by atomic mass is 32.2. The quantitative estimate of drug-likeness (QED) is 0.918. The highest BCUT2D eigenvalue weighted by Crippen LogP contribution is 2.33. The lowest BCUT2D eigenvalue weighted by Gasteiger charge is -2.15. The third-order valence-corrected chi connectivity index (χ3v) is 3.98. The van der Waals surface area contributed by atoms with Gasteiger partial charge in [-0.15, -0.1) is 0 Å². The van der Waals surface area contributed by atoms with Gasteiger partial charge in [-0.05, 0) is 12.8 Å².